The first-order valence-electron chi connectivity index (χ1n) is 6.89. The molecular formula is C14H20ClNO3S. The van der Waals surface area contributed by atoms with E-state index in [1.54, 1.807) is 6.07 Å². The highest BCUT2D eigenvalue weighted by Crippen LogP contribution is 2.33. The van der Waals surface area contributed by atoms with E-state index in [-0.39, 0.29) is 16.0 Å². The molecule has 1 aliphatic carbocycles. The van der Waals surface area contributed by atoms with Gasteiger partial charge in [0, 0.05) is 0 Å². The Labute approximate surface area is 125 Å². The fraction of sp³-hybridized carbons (Fsp3) is 0.571. The van der Waals surface area contributed by atoms with Gasteiger partial charge in [-0.05, 0) is 43.4 Å². The highest BCUT2D eigenvalue weighted by atomic mass is 35.5. The molecule has 0 aliphatic heterocycles. The van der Waals surface area contributed by atoms with Crippen LogP contribution in [0.25, 0.3) is 0 Å². The highest BCUT2D eigenvalue weighted by Gasteiger charge is 2.23. The third kappa shape index (κ3) is 3.87. The van der Waals surface area contributed by atoms with Gasteiger partial charge in [0.05, 0.1) is 16.0 Å². The van der Waals surface area contributed by atoms with Crippen molar-refractivity contribution < 1.29 is 13.2 Å². The van der Waals surface area contributed by atoms with Gasteiger partial charge in [-0.3, -0.25) is 0 Å². The fourth-order valence-electron chi connectivity index (χ4n) is 2.65. The van der Waals surface area contributed by atoms with Crippen LogP contribution in [-0.4, -0.2) is 14.5 Å². The zero-order chi connectivity index (χ0) is 14.8. The van der Waals surface area contributed by atoms with Crippen LogP contribution in [0, 0.1) is 5.92 Å². The average molecular weight is 318 g/mol. The molecule has 112 valence electrons. The van der Waals surface area contributed by atoms with Crippen LogP contribution in [0.5, 0.6) is 5.75 Å². The number of halogens is 1. The predicted octanol–water partition coefficient (Wildman–Crippen LogP) is 3.34. The molecule has 2 N–H and O–H groups in total. The first kappa shape index (κ1) is 15.6. The quantitative estimate of drug-likeness (QED) is 0.926. The van der Waals surface area contributed by atoms with Gasteiger partial charge in [-0.25, -0.2) is 13.6 Å². The lowest BCUT2D eigenvalue weighted by Crippen LogP contribution is -2.25. The van der Waals surface area contributed by atoms with Gasteiger partial charge in [-0.1, -0.05) is 31.4 Å². The minimum atomic E-state index is -3.73. The molecule has 0 heterocycles. The maximum atomic E-state index is 11.2. The van der Waals surface area contributed by atoms with Crippen LogP contribution in [0.15, 0.2) is 23.1 Å². The van der Waals surface area contributed by atoms with Gasteiger partial charge in [0.2, 0.25) is 10.0 Å². The van der Waals surface area contributed by atoms with Gasteiger partial charge < -0.3 is 4.74 Å². The second-order valence-corrected chi connectivity index (χ2v) is 7.29. The Bertz CT molecular complexity index is 574. The molecule has 2 unspecified atom stereocenters. The van der Waals surface area contributed by atoms with Gasteiger partial charge in [-0.15, -0.1) is 0 Å². The topological polar surface area (TPSA) is 69.4 Å². The molecule has 1 aliphatic rings. The normalized spacial score (nSPS) is 23.6. The van der Waals surface area contributed by atoms with Gasteiger partial charge in [0.1, 0.15) is 5.75 Å². The largest absolute Gasteiger partial charge is 0.489 e. The van der Waals surface area contributed by atoms with E-state index in [9.17, 15) is 8.42 Å². The molecule has 6 heteroatoms. The number of benzene rings is 1. The summed E-state index contributed by atoms with van der Waals surface area (Å²) >= 11 is 6.08. The van der Waals surface area contributed by atoms with E-state index in [2.05, 4.69) is 6.92 Å². The molecule has 1 fully saturated rings. The van der Waals surface area contributed by atoms with Crippen molar-refractivity contribution in [2.45, 2.75) is 50.0 Å². The molecule has 2 rings (SSSR count). The molecule has 2 atom stereocenters. The number of rotatable bonds is 4. The van der Waals surface area contributed by atoms with Crippen LogP contribution in [0.3, 0.4) is 0 Å². The van der Waals surface area contributed by atoms with Gasteiger partial charge in [0.25, 0.3) is 0 Å². The Morgan fingerprint density at radius 3 is 2.75 bits per heavy atom. The molecule has 20 heavy (non-hydrogen) atoms. The average Bonchev–Trinajstić information content (AvgIpc) is 2.40. The standard InChI is InChI=1S/C14H20ClNO3S/c1-2-10-4-3-5-11(8-10)19-14-7-6-12(9-13(14)15)20(16,17)18/h6-7,9-11H,2-5,8H2,1H3,(H2,16,17,18). The fourth-order valence-corrected chi connectivity index (χ4v) is 3.48. The van der Waals surface area contributed by atoms with Gasteiger partial charge in [0.15, 0.2) is 0 Å². The van der Waals surface area contributed by atoms with Crippen molar-refractivity contribution in [3.05, 3.63) is 23.2 Å². The Hall–Kier alpha value is -0.780. The molecule has 0 amide bonds. The number of sulfonamides is 1. The lowest BCUT2D eigenvalue weighted by Gasteiger charge is -2.29. The summed E-state index contributed by atoms with van der Waals surface area (Å²) in [5.41, 5.74) is 0. The van der Waals surface area contributed by atoms with Crippen LogP contribution >= 0.6 is 11.6 Å². The number of nitrogens with two attached hydrogens (primary N) is 1. The molecule has 0 radical (unpaired) electrons. The van der Waals surface area contributed by atoms with E-state index in [1.807, 2.05) is 0 Å². The molecule has 1 aromatic rings. The SMILES string of the molecule is CCC1CCCC(Oc2ccc(S(N)(=O)=O)cc2Cl)C1. The Balaban J connectivity index is 2.10. The second kappa shape index (κ2) is 6.33. The minimum absolute atomic E-state index is 0.00456. The van der Waals surface area contributed by atoms with Gasteiger partial charge in [-0.2, -0.15) is 0 Å². The van der Waals surface area contributed by atoms with Crippen molar-refractivity contribution in [3.8, 4) is 5.75 Å². The van der Waals surface area contributed by atoms with Crippen LogP contribution in [0.4, 0.5) is 0 Å². The molecule has 0 saturated heterocycles. The number of hydrogen-bond donors (Lipinski definition) is 1. The Morgan fingerprint density at radius 1 is 1.40 bits per heavy atom. The predicted molar refractivity (Wildman–Crippen MR) is 79.5 cm³/mol. The maximum absolute atomic E-state index is 11.2. The molecule has 0 aromatic heterocycles. The van der Waals surface area contributed by atoms with Crippen molar-refractivity contribution in [1.82, 2.24) is 0 Å². The number of ether oxygens (including phenoxy) is 1. The molecule has 0 bridgehead atoms. The van der Waals surface area contributed by atoms with Gasteiger partial charge >= 0.3 is 0 Å². The molecule has 4 nitrogen and oxygen atoms in total. The second-order valence-electron chi connectivity index (χ2n) is 5.32. The van der Waals surface area contributed by atoms with Crippen molar-refractivity contribution >= 4 is 21.6 Å². The zero-order valence-corrected chi connectivity index (χ0v) is 13.1. The third-order valence-electron chi connectivity index (χ3n) is 3.84. The van der Waals surface area contributed by atoms with Crippen molar-refractivity contribution in [2.75, 3.05) is 0 Å². The summed E-state index contributed by atoms with van der Waals surface area (Å²) in [5, 5.41) is 5.36. The summed E-state index contributed by atoms with van der Waals surface area (Å²) in [6, 6.07) is 4.35. The Morgan fingerprint density at radius 2 is 2.15 bits per heavy atom. The van der Waals surface area contributed by atoms with Crippen LogP contribution < -0.4 is 9.88 Å². The summed E-state index contributed by atoms with van der Waals surface area (Å²) in [7, 11) is -3.73. The molecule has 1 aromatic carbocycles. The summed E-state index contributed by atoms with van der Waals surface area (Å²) in [6.07, 6.45) is 5.79. The monoisotopic (exact) mass is 317 g/mol. The number of primary sulfonamides is 1. The summed E-state index contributed by atoms with van der Waals surface area (Å²) in [6.45, 7) is 2.20. The maximum Gasteiger partial charge on any atom is 0.238 e. The van der Waals surface area contributed by atoms with E-state index in [1.165, 1.54) is 18.6 Å². The van der Waals surface area contributed by atoms with Crippen LogP contribution in [0.2, 0.25) is 5.02 Å². The van der Waals surface area contributed by atoms with Crippen LogP contribution in [-0.2, 0) is 10.0 Å². The molecule has 0 spiro atoms. The van der Waals surface area contributed by atoms with Crippen molar-refractivity contribution in [1.29, 1.82) is 0 Å². The lowest BCUT2D eigenvalue weighted by atomic mass is 9.85. The first-order valence-corrected chi connectivity index (χ1v) is 8.81. The third-order valence-corrected chi connectivity index (χ3v) is 5.04. The van der Waals surface area contributed by atoms with E-state index < -0.39 is 10.0 Å². The van der Waals surface area contributed by atoms with Crippen molar-refractivity contribution in [2.24, 2.45) is 11.1 Å². The van der Waals surface area contributed by atoms with Crippen LogP contribution in [0.1, 0.15) is 39.0 Å². The van der Waals surface area contributed by atoms with Crippen molar-refractivity contribution in [3.63, 3.8) is 0 Å². The Kier molecular flexibility index (Phi) is 4.94. The zero-order valence-electron chi connectivity index (χ0n) is 11.5. The molecule has 1 saturated carbocycles. The van der Waals surface area contributed by atoms with E-state index in [4.69, 9.17) is 21.5 Å². The smallest absolute Gasteiger partial charge is 0.238 e. The highest BCUT2D eigenvalue weighted by molar-refractivity contribution is 7.89. The summed E-state index contributed by atoms with van der Waals surface area (Å²) in [5.74, 6) is 1.23. The minimum Gasteiger partial charge on any atom is -0.489 e. The summed E-state index contributed by atoms with van der Waals surface area (Å²) < 4.78 is 28.4. The number of hydrogen-bond acceptors (Lipinski definition) is 3. The molecular weight excluding hydrogens is 298 g/mol. The first-order chi connectivity index (χ1) is 9.40. The van der Waals surface area contributed by atoms with E-state index >= 15 is 0 Å². The summed E-state index contributed by atoms with van der Waals surface area (Å²) in [4.78, 5) is 0.00456. The van der Waals surface area contributed by atoms with E-state index in [0.717, 1.165) is 25.7 Å². The lowest BCUT2D eigenvalue weighted by molar-refractivity contribution is 0.122. The van der Waals surface area contributed by atoms with E-state index in [0.29, 0.717) is 11.7 Å².